The number of hydrogen-bond acceptors (Lipinski definition) is 5. The minimum Gasteiger partial charge on any atom is -0.309 e. The van der Waals surface area contributed by atoms with Gasteiger partial charge in [-0.05, 0) is 27.2 Å². The van der Waals surface area contributed by atoms with E-state index in [0.29, 0.717) is 0 Å². The first kappa shape index (κ1) is 18.6. The van der Waals surface area contributed by atoms with Crippen LogP contribution in [-0.2, 0) is 23.7 Å². The zero-order chi connectivity index (χ0) is 14.9. The van der Waals surface area contributed by atoms with E-state index in [1.807, 2.05) is 0 Å². The molecule has 0 rings (SSSR count). The lowest BCUT2D eigenvalue weighted by molar-refractivity contribution is 0.219. The highest BCUT2D eigenvalue weighted by Crippen LogP contribution is 2.49. The van der Waals surface area contributed by atoms with Gasteiger partial charge in [0.2, 0.25) is 0 Å². The maximum atomic E-state index is 12.2. The summed E-state index contributed by atoms with van der Waals surface area (Å²) >= 11 is 0. The van der Waals surface area contributed by atoms with E-state index < -0.39 is 29.4 Å². The van der Waals surface area contributed by atoms with Crippen LogP contribution in [0, 0.1) is 17.8 Å². The second-order valence-corrected chi connectivity index (χ2v) is 7.48. The van der Waals surface area contributed by atoms with E-state index >= 15 is 0 Å². The molecule has 0 amide bonds. The van der Waals surface area contributed by atoms with Crippen LogP contribution in [0.1, 0.15) is 27.2 Å². The number of rotatable bonds is 9. The van der Waals surface area contributed by atoms with Gasteiger partial charge in [0.25, 0.3) is 10.1 Å². The van der Waals surface area contributed by atoms with Crippen molar-refractivity contribution in [2.75, 3.05) is 25.1 Å². The molecular weight excluding hydrogens is 291 g/mol. The normalized spacial score (nSPS) is 13.7. The Morgan fingerprint density at radius 3 is 2.16 bits per heavy atom. The molecule has 0 aromatic heterocycles. The van der Waals surface area contributed by atoms with Gasteiger partial charge in [0.15, 0.2) is 0 Å². The first-order valence-electron chi connectivity index (χ1n) is 6.02. The summed E-state index contributed by atoms with van der Waals surface area (Å²) in [4.78, 5) is 0. The van der Waals surface area contributed by atoms with Gasteiger partial charge in [0.05, 0.1) is 25.1 Å². The lowest BCUT2D eigenvalue weighted by Gasteiger charge is -2.18. The third kappa shape index (κ3) is 9.20. The van der Waals surface area contributed by atoms with Crippen molar-refractivity contribution in [2.45, 2.75) is 27.2 Å². The summed E-state index contributed by atoms with van der Waals surface area (Å²) in [5, 5.41) is 0. The van der Waals surface area contributed by atoms with Gasteiger partial charge in [-0.1, -0.05) is 5.92 Å². The van der Waals surface area contributed by atoms with Crippen molar-refractivity contribution in [1.29, 1.82) is 0 Å². The maximum Gasteiger partial charge on any atom is 0.330 e. The highest BCUT2D eigenvalue weighted by atomic mass is 32.2. The van der Waals surface area contributed by atoms with Gasteiger partial charge in [-0.15, -0.1) is 5.92 Å². The Hall–Kier alpha value is -0.380. The van der Waals surface area contributed by atoms with E-state index in [1.165, 1.54) is 0 Å². The SMILES string of the molecule is CC#CC(CCP(=O)(OCC)OCC)CS(=O)(=O)O. The first-order valence-corrected chi connectivity index (χ1v) is 9.35. The Morgan fingerprint density at radius 2 is 1.79 bits per heavy atom. The molecule has 1 N–H and O–H groups in total. The molecule has 0 aromatic rings. The van der Waals surface area contributed by atoms with Gasteiger partial charge >= 0.3 is 7.60 Å². The fourth-order valence-electron chi connectivity index (χ4n) is 1.53. The van der Waals surface area contributed by atoms with Gasteiger partial charge in [0.1, 0.15) is 0 Å². The molecular formula is C11H21O6PS. The van der Waals surface area contributed by atoms with Gasteiger partial charge in [0, 0.05) is 5.92 Å². The molecule has 0 spiro atoms. The van der Waals surface area contributed by atoms with Crippen LogP contribution >= 0.6 is 7.60 Å². The van der Waals surface area contributed by atoms with Crippen LogP contribution in [0.25, 0.3) is 0 Å². The molecule has 1 atom stereocenters. The molecule has 0 heterocycles. The second-order valence-electron chi connectivity index (χ2n) is 3.80. The van der Waals surface area contributed by atoms with E-state index in [2.05, 4.69) is 11.8 Å². The van der Waals surface area contributed by atoms with Crippen LogP contribution in [0.4, 0.5) is 0 Å². The summed E-state index contributed by atoms with van der Waals surface area (Å²) in [6, 6.07) is 0. The molecule has 0 aromatic carbocycles. The Kier molecular flexibility index (Phi) is 8.55. The summed E-state index contributed by atoms with van der Waals surface area (Å²) in [7, 11) is -7.32. The molecule has 1 unspecified atom stereocenters. The smallest absolute Gasteiger partial charge is 0.309 e. The lowest BCUT2D eigenvalue weighted by Crippen LogP contribution is -2.16. The van der Waals surface area contributed by atoms with Crippen molar-refractivity contribution in [3.8, 4) is 11.8 Å². The van der Waals surface area contributed by atoms with Crippen molar-refractivity contribution in [1.82, 2.24) is 0 Å². The monoisotopic (exact) mass is 312 g/mol. The molecule has 8 heteroatoms. The molecule has 112 valence electrons. The lowest BCUT2D eigenvalue weighted by atomic mass is 10.1. The minimum absolute atomic E-state index is 0.0730. The molecule has 19 heavy (non-hydrogen) atoms. The van der Waals surface area contributed by atoms with E-state index in [4.69, 9.17) is 13.6 Å². The van der Waals surface area contributed by atoms with Crippen molar-refractivity contribution in [2.24, 2.45) is 5.92 Å². The fourth-order valence-corrected chi connectivity index (χ4v) is 4.04. The molecule has 0 aliphatic carbocycles. The quantitative estimate of drug-likeness (QED) is 0.399. The highest BCUT2D eigenvalue weighted by Gasteiger charge is 2.26. The van der Waals surface area contributed by atoms with Gasteiger partial charge in [-0.3, -0.25) is 9.12 Å². The molecule has 6 nitrogen and oxygen atoms in total. The molecule has 0 fully saturated rings. The van der Waals surface area contributed by atoms with Gasteiger partial charge < -0.3 is 9.05 Å². The third-order valence-corrected chi connectivity index (χ3v) is 5.10. The van der Waals surface area contributed by atoms with Gasteiger partial charge in [-0.25, -0.2) is 0 Å². The third-order valence-electron chi connectivity index (χ3n) is 2.16. The first-order chi connectivity index (χ1) is 8.76. The van der Waals surface area contributed by atoms with Crippen LogP contribution in [0.2, 0.25) is 0 Å². The second kappa shape index (κ2) is 8.72. The van der Waals surface area contributed by atoms with Gasteiger partial charge in [-0.2, -0.15) is 8.42 Å². The molecule has 0 saturated heterocycles. The molecule has 0 bridgehead atoms. The zero-order valence-corrected chi connectivity index (χ0v) is 13.2. The summed E-state index contributed by atoms with van der Waals surface area (Å²) in [6.45, 7) is 5.47. The largest absolute Gasteiger partial charge is 0.330 e. The Morgan fingerprint density at radius 1 is 1.26 bits per heavy atom. The highest BCUT2D eigenvalue weighted by molar-refractivity contribution is 7.85. The van der Waals surface area contributed by atoms with E-state index in [1.54, 1.807) is 20.8 Å². The van der Waals surface area contributed by atoms with Crippen LogP contribution in [0.5, 0.6) is 0 Å². The summed E-state index contributed by atoms with van der Waals surface area (Å²) in [5.74, 6) is 4.20. The minimum atomic E-state index is -4.11. The van der Waals surface area contributed by atoms with E-state index in [0.717, 1.165) is 0 Å². The summed E-state index contributed by atoms with van der Waals surface area (Å²) < 4.78 is 52.9. The van der Waals surface area contributed by atoms with Crippen LogP contribution in [-0.4, -0.2) is 38.1 Å². The average molecular weight is 312 g/mol. The fraction of sp³-hybridized carbons (Fsp3) is 0.818. The van der Waals surface area contributed by atoms with E-state index in [9.17, 15) is 13.0 Å². The topological polar surface area (TPSA) is 89.9 Å². The summed E-state index contributed by atoms with van der Waals surface area (Å²) in [5.41, 5.74) is 0. The predicted octanol–water partition coefficient (Wildman–Crippen LogP) is 2.17. The molecule has 0 aliphatic heterocycles. The molecule has 0 saturated carbocycles. The van der Waals surface area contributed by atoms with Crippen molar-refractivity contribution in [3.05, 3.63) is 0 Å². The van der Waals surface area contributed by atoms with Crippen molar-refractivity contribution >= 4 is 17.7 Å². The average Bonchev–Trinajstić information content (AvgIpc) is 2.25. The Balaban J connectivity index is 4.67. The van der Waals surface area contributed by atoms with Crippen LogP contribution < -0.4 is 0 Å². The van der Waals surface area contributed by atoms with Crippen LogP contribution in [0.15, 0.2) is 0 Å². The Labute approximate surface area is 115 Å². The van der Waals surface area contributed by atoms with Crippen molar-refractivity contribution in [3.63, 3.8) is 0 Å². The zero-order valence-electron chi connectivity index (χ0n) is 11.5. The molecule has 0 aliphatic rings. The molecule has 0 radical (unpaired) electrons. The Bertz CT molecular complexity index is 451. The summed E-state index contributed by atoms with van der Waals surface area (Å²) in [6.07, 6.45) is 0.293. The predicted molar refractivity (Wildman–Crippen MR) is 73.7 cm³/mol. The van der Waals surface area contributed by atoms with Crippen molar-refractivity contribution < 1.29 is 26.6 Å². The standard InChI is InChI=1S/C11H21O6PS/c1-4-7-11(10-19(13,14)15)8-9-18(12,16-5-2)17-6-3/h11H,5-6,8-10H2,1-3H3,(H,13,14,15). The maximum absolute atomic E-state index is 12.2. The number of hydrogen-bond donors (Lipinski definition) is 1. The van der Waals surface area contributed by atoms with E-state index in [-0.39, 0.29) is 25.8 Å². The van der Waals surface area contributed by atoms with Crippen LogP contribution in [0.3, 0.4) is 0 Å².